The zero-order chi connectivity index (χ0) is 13.8. The number of hydrogen-bond donors (Lipinski definition) is 1. The summed E-state index contributed by atoms with van der Waals surface area (Å²) in [5, 5.41) is 10.7. The van der Waals surface area contributed by atoms with Crippen LogP contribution in [0.5, 0.6) is 0 Å². The first-order valence-electron chi connectivity index (χ1n) is 6.39. The van der Waals surface area contributed by atoms with E-state index < -0.39 is 4.92 Å². The van der Waals surface area contributed by atoms with Crippen molar-refractivity contribution in [3.63, 3.8) is 0 Å². The molecule has 1 heterocycles. The topological polar surface area (TPSA) is 81.6 Å². The Bertz CT molecular complexity index is 456. The summed E-state index contributed by atoms with van der Waals surface area (Å²) >= 11 is 0. The van der Waals surface area contributed by atoms with E-state index in [0.29, 0.717) is 5.92 Å². The average molecular weight is 265 g/mol. The van der Waals surface area contributed by atoms with Gasteiger partial charge in [0.2, 0.25) is 0 Å². The minimum Gasteiger partial charge on any atom is -0.393 e. The highest BCUT2D eigenvalue weighted by molar-refractivity contribution is 5.66. The number of piperidine rings is 1. The second-order valence-electron chi connectivity index (χ2n) is 4.89. The highest BCUT2D eigenvalue weighted by Gasteiger charge is 2.20. The number of anilines is 2. The van der Waals surface area contributed by atoms with Crippen LogP contribution in [-0.2, 0) is 4.74 Å². The largest absolute Gasteiger partial charge is 0.393 e. The maximum Gasteiger partial charge on any atom is 0.292 e. The predicted molar refractivity (Wildman–Crippen MR) is 74.3 cm³/mol. The van der Waals surface area contributed by atoms with E-state index in [1.807, 2.05) is 0 Å². The van der Waals surface area contributed by atoms with Crippen molar-refractivity contribution in [1.82, 2.24) is 0 Å². The van der Waals surface area contributed by atoms with Crippen molar-refractivity contribution in [2.24, 2.45) is 5.92 Å². The van der Waals surface area contributed by atoms with E-state index in [1.54, 1.807) is 19.2 Å². The summed E-state index contributed by atoms with van der Waals surface area (Å²) in [7, 11) is 1.73. The second-order valence-corrected chi connectivity index (χ2v) is 4.89. The first kappa shape index (κ1) is 13.6. The Kier molecular flexibility index (Phi) is 4.21. The number of benzene rings is 1. The molecule has 0 atom stereocenters. The van der Waals surface area contributed by atoms with Gasteiger partial charge in [-0.05, 0) is 30.9 Å². The fraction of sp³-hybridized carbons (Fsp3) is 0.538. The number of rotatable bonds is 4. The van der Waals surface area contributed by atoms with Crippen molar-refractivity contribution < 1.29 is 9.66 Å². The van der Waals surface area contributed by atoms with Gasteiger partial charge in [-0.3, -0.25) is 10.1 Å². The van der Waals surface area contributed by atoms with Gasteiger partial charge in [-0.15, -0.1) is 0 Å². The van der Waals surface area contributed by atoms with Crippen molar-refractivity contribution in [3.05, 3.63) is 28.3 Å². The fourth-order valence-corrected chi connectivity index (χ4v) is 2.50. The first-order valence-corrected chi connectivity index (χ1v) is 6.39. The van der Waals surface area contributed by atoms with Crippen LogP contribution in [0, 0.1) is 16.0 Å². The number of nitrogen functional groups attached to an aromatic ring is 1. The minimum absolute atomic E-state index is 0.0296. The fourth-order valence-electron chi connectivity index (χ4n) is 2.50. The third-order valence-corrected chi connectivity index (χ3v) is 3.59. The van der Waals surface area contributed by atoms with Crippen LogP contribution in [0.15, 0.2) is 18.2 Å². The molecule has 1 aliphatic heterocycles. The SMILES string of the molecule is COCC1CCN(c2ccc([N+](=O)[O-])c(N)c2)CC1. The van der Waals surface area contributed by atoms with E-state index >= 15 is 0 Å². The Morgan fingerprint density at radius 1 is 1.47 bits per heavy atom. The van der Waals surface area contributed by atoms with Gasteiger partial charge in [0.15, 0.2) is 0 Å². The minimum atomic E-state index is -0.454. The maximum atomic E-state index is 10.7. The normalized spacial score (nSPS) is 16.6. The van der Waals surface area contributed by atoms with Crippen LogP contribution in [0.4, 0.5) is 17.1 Å². The van der Waals surface area contributed by atoms with Gasteiger partial charge in [0, 0.05) is 38.6 Å². The van der Waals surface area contributed by atoms with Crippen LogP contribution >= 0.6 is 0 Å². The molecule has 2 N–H and O–H groups in total. The molecule has 6 heteroatoms. The molecule has 0 aromatic heterocycles. The molecule has 1 aromatic carbocycles. The van der Waals surface area contributed by atoms with Crippen LogP contribution < -0.4 is 10.6 Å². The Morgan fingerprint density at radius 3 is 2.68 bits per heavy atom. The number of hydrogen-bond acceptors (Lipinski definition) is 5. The molecule has 104 valence electrons. The van der Waals surface area contributed by atoms with Gasteiger partial charge in [-0.25, -0.2) is 0 Å². The predicted octanol–water partition coefficient (Wildman–Crippen LogP) is 2.04. The summed E-state index contributed by atoms with van der Waals surface area (Å²) in [5.41, 5.74) is 6.87. The Hall–Kier alpha value is -1.82. The number of methoxy groups -OCH3 is 1. The van der Waals surface area contributed by atoms with Gasteiger partial charge in [-0.1, -0.05) is 0 Å². The second kappa shape index (κ2) is 5.88. The van der Waals surface area contributed by atoms with Gasteiger partial charge < -0.3 is 15.4 Å². The van der Waals surface area contributed by atoms with Crippen LogP contribution in [0.2, 0.25) is 0 Å². The Balaban J connectivity index is 2.04. The van der Waals surface area contributed by atoms with Gasteiger partial charge in [0.1, 0.15) is 5.69 Å². The third kappa shape index (κ3) is 3.14. The summed E-state index contributed by atoms with van der Waals surface area (Å²) in [6, 6.07) is 4.94. The van der Waals surface area contributed by atoms with E-state index in [9.17, 15) is 10.1 Å². The zero-order valence-corrected chi connectivity index (χ0v) is 11.0. The monoisotopic (exact) mass is 265 g/mol. The van der Waals surface area contributed by atoms with Crippen molar-refractivity contribution in [2.75, 3.05) is 37.4 Å². The van der Waals surface area contributed by atoms with Crippen LogP contribution in [0.3, 0.4) is 0 Å². The molecule has 1 saturated heterocycles. The standard InChI is InChI=1S/C13H19N3O3/c1-19-9-10-4-6-15(7-5-10)11-2-3-13(16(17)18)12(14)8-11/h2-3,8,10H,4-7,9,14H2,1H3. The van der Waals surface area contributed by atoms with Gasteiger partial charge >= 0.3 is 0 Å². The number of nitrogens with zero attached hydrogens (tertiary/aromatic N) is 2. The molecule has 6 nitrogen and oxygen atoms in total. The first-order chi connectivity index (χ1) is 9.11. The van der Waals surface area contributed by atoms with E-state index in [1.165, 1.54) is 6.07 Å². The lowest BCUT2D eigenvalue weighted by molar-refractivity contribution is -0.383. The molecule has 0 saturated carbocycles. The smallest absolute Gasteiger partial charge is 0.292 e. The molecular formula is C13H19N3O3. The summed E-state index contributed by atoms with van der Waals surface area (Å²) in [4.78, 5) is 12.5. The van der Waals surface area contributed by atoms with Crippen LogP contribution in [0.25, 0.3) is 0 Å². The molecule has 0 radical (unpaired) electrons. The van der Waals surface area contributed by atoms with Gasteiger partial charge in [0.05, 0.1) is 4.92 Å². The Morgan fingerprint density at radius 2 is 2.16 bits per heavy atom. The van der Waals surface area contributed by atoms with Crippen molar-refractivity contribution in [3.8, 4) is 0 Å². The number of nitro groups is 1. The molecule has 2 rings (SSSR count). The summed E-state index contributed by atoms with van der Waals surface area (Å²) in [6.07, 6.45) is 2.15. The summed E-state index contributed by atoms with van der Waals surface area (Å²) < 4.78 is 5.17. The number of ether oxygens (including phenoxy) is 1. The molecule has 0 spiro atoms. The lowest BCUT2D eigenvalue weighted by Gasteiger charge is -2.33. The summed E-state index contributed by atoms with van der Waals surface area (Å²) in [5.74, 6) is 0.608. The molecule has 1 aromatic rings. The highest BCUT2D eigenvalue weighted by Crippen LogP contribution is 2.29. The van der Waals surface area contributed by atoms with E-state index in [4.69, 9.17) is 10.5 Å². The van der Waals surface area contributed by atoms with Crippen molar-refractivity contribution >= 4 is 17.1 Å². The van der Waals surface area contributed by atoms with Crippen LogP contribution in [0.1, 0.15) is 12.8 Å². The van der Waals surface area contributed by atoms with Crippen molar-refractivity contribution in [2.45, 2.75) is 12.8 Å². The maximum absolute atomic E-state index is 10.7. The van der Waals surface area contributed by atoms with Gasteiger partial charge in [0.25, 0.3) is 5.69 Å². The van der Waals surface area contributed by atoms with Crippen LogP contribution in [-0.4, -0.2) is 31.7 Å². The highest BCUT2D eigenvalue weighted by atomic mass is 16.6. The number of nitro benzene ring substituents is 1. The molecule has 0 unspecified atom stereocenters. The van der Waals surface area contributed by atoms with E-state index in [-0.39, 0.29) is 11.4 Å². The quantitative estimate of drug-likeness (QED) is 0.512. The molecule has 0 amide bonds. The zero-order valence-electron chi connectivity index (χ0n) is 11.0. The van der Waals surface area contributed by atoms with E-state index in [0.717, 1.165) is 38.2 Å². The lowest BCUT2D eigenvalue weighted by Crippen LogP contribution is -2.35. The molecule has 1 aliphatic rings. The molecule has 19 heavy (non-hydrogen) atoms. The Labute approximate surface area is 112 Å². The third-order valence-electron chi connectivity index (χ3n) is 3.59. The number of nitrogens with two attached hydrogens (primary N) is 1. The molecule has 0 bridgehead atoms. The van der Waals surface area contributed by atoms with E-state index in [2.05, 4.69) is 4.90 Å². The van der Waals surface area contributed by atoms with Gasteiger partial charge in [-0.2, -0.15) is 0 Å². The molecule has 1 fully saturated rings. The summed E-state index contributed by atoms with van der Waals surface area (Å²) in [6.45, 7) is 2.67. The average Bonchev–Trinajstić information content (AvgIpc) is 2.39. The lowest BCUT2D eigenvalue weighted by atomic mass is 9.97. The molecular weight excluding hydrogens is 246 g/mol. The van der Waals surface area contributed by atoms with Crippen molar-refractivity contribution in [1.29, 1.82) is 0 Å². The molecule has 0 aliphatic carbocycles.